The van der Waals surface area contributed by atoms with Gasteiger partial charge in [-0.05, 0) is 77.3 Å². The topological polar surface area (TPSA) is 186 Å². The highest BCUT2D eigenvalue weighted by molar-refractivity contribution is 9.09. The fraction of sp³-hybridized carbons (Fsp3) is 0.487. The number of Topliss-reactive ketones (excluding diaryl/α,β-unsaturated/α-hetero) is 2. The number of carboxylic acid groups (broad SMARTS) is 2. The number of halogens is 2. The Bertz CT molecular complexity index is 1580. The van der Waals surface area contributed by atoms with E-state index in [0.29, 0.717) is 47.5 Å². The number of alkyl halides is 2. The van der Waals surface area contributed by atoms with E-state index >= 15 is 0 Å². The first kappa shape index (κ1) is 45.9. The van der Waals surface area contributed by atoms with Gasteiger partial charge in [-0.2, -0.15) is 0 Å². The highest BCUT2D eigenvalue weighted by atomic mass is 79.9. The molecule has 2 saturated heterocycles. The summed E-state index contributed by atoms with van der Waals surface area (Å²) in [6, 6.07) is 12.6. The maximum absolute atomic E-state index is 11.9. The van der Waals surface area contributed by atoms with Crippen LogP contribution in [-0.2, 0) is 23.8 Å². The van der Waals surface area contributed by atoms with Gasteiger partial charge in [-0.25, -0.2) is 19.2 Å². The van der Waals surface area contributed by atoms with Crippen LogP contribution in [0.1, 0.15) is 81.0 Å². The summed E-state index contributed by atoms with van der Waals surface area (Å²) in [7, 11) is 1.21. The molecule has 0 spiro atoms. The summed E-state index contributed by atoms with van der Waals surface area (Å²) >= 11 is 6.32. The number of hydrogen-bond donors (Lipinski definition) is 3. The number of rotatable bonds is 9. The summed E-state index contributed by atoms with van der Waals surface area (Å²) < 4.78 is 15.1. The van der Waals surface area contributed by atoms with Crippen LogP contribution in [0.4, 0.5) is 9.59 Å². The largest absolute Gasteiger partial charge is 0.480 e. The average Bonchev–Trinajstić information content (AvgIpc) is 3.58. The smallest absolute Gasteiger partial charge is 0.412 e. The molecule has 5 atom stereocenters. The Balaban J connectivity index is 0.000000282. The van der Waals surface area contributed by atoms with Gasteiger partial charge in [0, 0.05) is 11.1 Å². The minimum Gasteiger partial charge on any atom is -0.480 e. The predicted molar refractivity (Wildman–Crippen MR) is 209 cm³/mol. The normalized spacial score (nSPS) is 21.0. The van der Waals surface area contributed by atoms with Crippen LogP contribution in [0.5, 0.6) is 0 Å². The summed E-state index contributed by atoms with van der Waals surface area (Å²) in [6.45, 7) is 8.98. The molecule has 2 aromatic rings. The third-order valence-electron chi connectivity index (χ3n) is 8.39. The van der Waals surface area contributed by atoms with Crippen LogP contribution in [0, 0.1) is 18.3 Å². The molecule has 2 aliphatic heterocycles. The molecule has 13 nitrogen and oxygen atoms in total. The van der Waals surface area contributed by atoms with E-state index in [1.807, 2.05) is 62.4 Å². The molecule has 2 aromatic carbocycles. The van der Waals surface area contributed by atoms with Crippen molar-refractivity contribution in [3.8, 4) is 23.5 Å². The number of carboxylic acids is 2. The lowest BCUT2D eigenvalue weighted by Crippen LogP contribution is -2.49. The number of aliphatic carboxylic acids is 2. The van der Waals surface area contributed by atoms with E-state index in [4.69, 9.17) is 26.1 Å². The summed E-state index contributed by atoms with van der Waals surface area (Å²) in [5.74, 6) is 0.335. The van der Waals surface area contributed by atoms with E-state index in [9.17, 15) is 28.8 Å². The zero-order valence-electron chi connectivity index (χ0n) is 31.2. The second-order valence-corrected chi connectivity index (χ2v) is 14.8. The zero-order chi connectivity index (χ0) is 40.7. The lowest BCUT2D eigenvalue weighted by Gasteiger charge is -2.35. The number of ether oxygens (including phenoxy) is 3. The number of hydrogen-bond acceptors (Lipinski definition) is 9. The molecule has 15 heteroatoms. The summed E-state index contributed by atoms with van der Waals surface area (Å²) in [4.78, 5) is 69.4. The Morgan fingerprint density at radius 1 is 0.889 bits per heavy atom. The number of terminal acetylenes is 1. The molecule has 0 aromatic heterocycles. The van der Waals surface area contributed by atoms with Crippen molar-refractivity contribution in [2.45, 2.75) is 96.2 Å². The quantitative estimate of drug-likeness (QED) is 0.134. The molecule has 0 bridgehead atoms. The van der Waals surface area contributed by atoms with E-state index < -0.39 is 47.9 Å². The van der Waals surface area contributed by atoms with Crippen molar-refractivity contribution in [3.63, 3.8) is 0 Å². The molecule has 0 aliphatic carbocycles. The maximum Gasteiger partial charge on any atom is 0.412 e. The van der Waals surface area contributed by atoms with Gasteiger partial charge in [0.05, 0.1) is 36.0 Å². The number of methoxy groups -OCH3 is 1. The summed E-state index contributed by atoms with van der Waals surface area (Å²) in [6.07, 6.45) is 6.02. The molecule has 54 heavy (non-hydrogen) atoms. The van der Waals surface area contributed by atoms with Crippen LogP contribution in [0.2, 0.25) is 0 Å². The Hall–Kier alpha value is -4.26. The van der Waals surface area contributed by atoms with Crippen molar-refractivity contribution in [1.82, 2.24) is 10.2 Å². The fourth-order valence-electron chi connectivity index (χ4n) is 5.93. The number of carbonyl (C=O) groups excluding carboxylic acids is 4. The third kappa shape index (κ3) is 14.2. The van der Waals surface area contributed by atoms with Gasteiger partial charge < -0.3 is 29.7 Å². The number of alkyl carbamates (subject to hydrolysis) is 1. The van der Waals surface area contributed by atoms with Crippen molar-refractivity contribution in [2.75, 3.05) is 17.8 Å². The van der Waals surface area contributed by atoms with Gasteiger partial charge >= 0.3 is 24.1 Å². The van der Waals surface area contributed by atoms with Crippen molar-refractivity contribution in [1.29, 1.82) is 0 Å². The number of nitrogens with zero attached hydrogens (tertiary/aromatic N) is 1. The van der Waals surface area contributed by atoms with Crippen molar-refractivity contribution < 1.29 is 53.2 Å². The average molecular weight is 881 g/mol. The first-order chi connectivity index (χ1) is 25.3. The first-order valence-corrected chi connectivity index (χ1v) is 19.4. The lowest BCUT2D eigenvalue weighted by molar-refractivity contribution is -0.144. The van der Waals surface area contributed by atoms with Crippen LogP contribution >= 0.6 is 31.9 Å². The number of amides is 2. The Labute approximate surface area is 332 Å². The van der Waals surface area contributed by atoms with Crippen LogP contribution in [0.15, 0.2) is 48.5 Å². The minimum absolute atomic E-state index is 0.00467. The van der Waals surface area contributed by atoms with Crippen molar-refractivity contribution in [3.05, 3.63) is 59.7 Å². The zero-order valence-corrected chi connectivity index (χ0v) is 34.3. The number of likely N-dealkylation sites (tertiary alicyclic amines) is 1. The van der Waals surface area contributed by atoms with E-state index in [2.05, 4.69) is 47.8 Å². The number of carbonyl (C=O) groups is 6. The number of nitrogens with one attached hydrogen (secondary N) is 1. The van der Waals surface area contributed by atoms with Crippen LogP contribution in [-0.4, -0.2) is 105 Å². The Morgan fingerprint density at radius 2 is 1.35 bits per heavy atom. The van der Waals surface area contributed by atoms with E-state index in [1.165, 1.54) is 7.11 Å². The van der Waals surface area contributed by atoms with Gasteiger partial charge in [-0.1, -0.05) is 86.3 Å². The molecule has 0 radical (unpaired) electrons. The third-order valence-corrected chi connectivity index (χ3v) is 9.41. The molecule has 2 aliphatic rings. The standard InChI is InChI=1S/C16H12Br2O2.C12H17NO4.C11H19NO5/c17-9-15(19)13-5-1-11(2-6-13)12-3-7-14(8-4-12)16(20)10-18;1-5-8-6-7-9(10(14)15)13(8)11(16)17-12(2,3)4;1-6-4-8(5-7(2)17-6)9(10(13)14)12-11(15)16-3/h1-8H,9-10H2;1,8-9H,6-7H2,2-4H3,(H,14,15);6-9H,4-5H2,1-3H3,(H,12,15)(H,13,14)/t;8-,9-;6-,7-,9+/m.01/s1. The molecular formula is C39H48Br2N2O11. The molecule has 4 rings (SSSR count). The Morgan fingerprint density at radius 3 is 1.70 bits per heavy atom. The van der Waals surface area contributed by atoms with Gasteiger partial charge in [0.2, 0.25) is 0 Å². The molecule has 2 amide bonds. The monoisotopic (exact) mass is 878 g/mol. The van der Waals surface area contributed by atoms with Gasteiger partial charge in [-0.15, -0.1) is 6.42 Å². The van der Waals surface area contributed by atoms with Crippen LogP contribution < -0.4 is 5.32 Å². The second kappa shape index (κ2) is 21.6. The van der Waals surface area contributed by atoms with Gasteiger partial charge in [-0.3, -0.25) is 14.5 Å². The highest BCUT2D eigenvalue weighted by Crippen LogP contribution is 2.28. The lowest BCUT2D eigenvalue weighted by atomic mass is 9.86. The molecule has 294 valence electrons. The summed E-state index contributed by atoms with van der Waals surface area (Å²) in [5, 5.41) is 21.2. The molecule has 2 fully saturated rings. The van der Waals surface area contributed by atoms with Gasteiger partial charge in [0.15, 0.2) is 11.6 Å². The van der Waals surface area contributed by atoms with E-state index in [0.717, 1.165) is 16.0 Å². The summed E-state index contributed by atoms with van der Waals surface area (Å²) in [5.41, 5.74) is 2.76. The maximum atomic E-state index is 11.9. The number of benzene rings is 2. The fourth-order valence-corrected chi connectivity index (χ4v) is 6.58. The minimum atomic E-state index is -1.05. The van der Waals surface area contributed by atoms with E-state index in [-0.39, 0.29) is 29.7 Å². The first-order valence-electron chi connectivity index (χ1n) is 17.2. The molecule has 0 unspecified atom stereocenters. The highest BCUT2D eigenvalue weighted by Gasteiger charge is 2.42. The molecule has 2 heterocycles. The predicted octanol–water partition coefficient (Wildman–Crippen LogP) is 6.98. The van der Waals surface area contributed by atoms with E-state index in [1.54, 1.807) is 20.8 Å². The van der Waals surface area contributed by atoms with Gasteiger partial charge in [0.25, 0.3) is 0 Å². The molecule has 3 N–H and O–H groups in total. The number of ketones is 2. The van der Waals surface area contributed by atoms with Crippen LogP contribution in [0.3, 0.4) is 0 Å². The van der Waals surface area contributed by atoms with Gasteiger partial charge in [0.1, 0.15) is 17.7 Å². The second-order valence-electron chi connectivity index (χ2n) is 13.7. The SMILES string of the molecule is C#C[C@H]1CC[C@@H](C(=O)O)N1C(=O)OC(C)(C)C.COC(=O)N[C@H](C(=O)O)C1C[C@@H](C)O[C@H](C)C1.O=C(CBr)c1ccc(-c2ccc(C(=O)CBr)cc2)cc1. The van der Waals surface area contributed by atoms with Crippen molar-refractivity contribution in [2.24, 2.45) is 5.92 Å². The molecule has 0 saturated carbocycles. The molecular weight excluding hydrogens is 832 g/mol. The van der Waals surface area contributed by atoms with Crippen LogP contribution in [0.25, 0.3) is 11.1 Å². The van der Waals surface area contributed by atoms with Crippen molar-refractivity contribution >= 4 is 67.6 Å². The Kier molecular flexibility index (Phi) is 18.3.